The van der Waals surface area contributed by atoms with Gasteiger partial charge in [-0.15, -0.1) is 0 Å². The molecule has 0 atom stereocenters. The molecule has 0 saturated heterocycles. The minimum atomic E-state index is -0.239. The lowest BCUT2D eigenvalue weighted by Gasteiger charge is -2.00. The number of carbonyl (C=O) groups is 1. The maximum atomic E-state index is 12.1. The van der Waals surface area contributed by atoms with Crippen LogP contribution in [0, 0.1) is 6.92 Å². The van der Waals surface area contributed by atoms with Gasteiger partial charge in [0.2, 0.25) is 5.78 Å². The second-order valence-electron chi connectivity index (χ2n) is 4.50. The molecular weight excluding hydrogens is 256 g/mol. The third kappa shape index (κ3) is 2.11. The summed E-state index contributed by atoms with van der Waals surface area (Å²) in [5.41, 5.74) is 0.966. The molecule has 0 aliphatic rings. The molecule has 0 aliphatic carbocycles. The summed E-state index contributed by atoms with van der Waals surface area (Å²) in [6.45, 7) is 1.73. The van der Waals surface area contributed by atoms with Gasteiger partial charge in [-0.25, -0.2) is 14.5 Å². The van der Waals surface area contributed by atoms with E-state index in [0.29, 0.717) is 22.9 Å². The van der Waals surface area contributed by atoms with Gasteiger partial charge in [-0.05, 0) is 6.92 Å². The monoisotopic (exact) mass is 268 g/mol. The lowest BCUT2D eigenvalue weighted by atomic mass is 10.1. The highest BCUT2D eigenvalue weighted by Crippen LogP contribution is 2.06. The van der Waals surface area contributed by atoms with Gasteiger partial charge in [-0.3, -0.25) is 9.59 Å². The minimum Gasteiger partial charge on any atom is -0.294 e. The van der Waals surface area contributed by atoms with E-state index in [0.717, 1.165) is 0 Å². The lowest BCUT2D eigenvalue weighted by Crippen LogP contribution is -2.18. The van der Waals surface area contributed by atoms with Crippen LogP contribution in [0.3, 0.4) is 0 Å². The Balaban J connectivity index is 2.00. The standard InChI is InChI=1S/C14H12N4O2/c1-9-7-13(20)18-12(16-17-14(18)15-9)8-11(19)10-5-3-2-4-6-10/h2-7H,8H2,1H3,(H,15,17). The number of H-pyrrole nitrogens is 1. The van der Waals surface area contributed by atoms with Crippen LogP contribution in [-0.2, 0) is 6.42 Å². The molecule has 0 aliphatic heterocycles. The SMILES string of the molecule is Cc1cc(=O)n2c(CC(=O)c3ccccc3)n[nH]c2n1. The zero-order valence-electron chi connectivity index (χ0n) is 10.8. The van der Waals surface area contributed by atoms with Gasteiger partial charge < -0.3 is 0 Å². The third-order valence-corrected chi connectivity index (χ3v) is 3.00. The molecule has 0 fully saturated rings. The Morgan fingerprint density at radius 1 is 1.30 bits per heavy atom. The maximum Gasteiger partial charge on any atom is 0.260 e. The van der Waals surface area contributed by atoms with Gasteiger partial charge in [-0.2, -0.15) is 5.10 Å². The van der Waals surface area contributed by atoms with Crippen molar-refractivity contribution in [3.63, 3.8) is 0 Å². The fourth-order valence-electron chi connectivity index (χ4n) is 2.07. The zero-order chi connectivity index (χ0) is 14.1. The van der Waals surface area contributed by atoms with Gasteiger partial charge in [0.25, 0.3) is 5.56 Å². The predicted octanol–water partition coefficient (Wildman–Crippen LogP) is 1.15. The van der Waals surface area contributed by atoms with Gasteiger partial charge in [0.05, 0.1) is 6.42 Å². The van der Waals surface area contributed by atoms with Crippen molar-refractivity contribution in [3.8, 4) is 0 Å². The summed E-state index contributed by atoms with van der Waals surface area (Å²) in [5, 5.41) is 6.69. The van der Waals surface area contributed by atoms with E-state index in [1.807, 2.05) is 6.07 Å². The number of nitrogens with one attached hydrogen (secondary N) is 1. The summed E-state index contributed by atoms with van der Waals surface area (Å²) < 4.78 is 1.33. The Kier molecular flexibility index (Phi) is 2.90. The van der Waals surface area contributed by atoms with Crippen molar-refractivity contribution in [1.82, 2.24) is 19.6 Å². The minimum absolute atomic E-state index is 0.0503. The number of Topliss-reactive ketones (excluding diaryl/α,β-unsaturated/α-hetero) is 1. The van der Waals surface area contributed by atoms with Crippen LogP contribution < -0.4 is 5.56 Å². The molecule has 1 N–H and O–H groups in total. The Morgan fingerprint density at radius 3 is 2.80 bits per heavy atom. The predicted molar refractivity (Wildman–Crippen MR) is 72.8 cm³/mol. The van der Waals surface area contributed by atoms with Crippen molar-refractivity contribution in [3.05, 3.63) is 63.8 Å². The van der Waals surface area contributed by atoms with Crippen LogP contribution in [0.15, 0.2) is 41.2 Å². The van der Waals surface area contributed by atoms with Crippen LogP contribution in [0.4, 0.5) is 0 Å². The van der Waals surface area contributed by atoms with Crippen molar-refractivity contribution in [2.45, 2.75) is 13.3 Å². The van der Waals surface area contributed by atoms with Crippen LogP contribution in [0.2, 0.25) is 0 Å². The summed E-state index contributed by atoms with van der Waals surface area (Å²) in [5.74, 6) is 0.628. The van der Waals surface area contributed by atoms with Gasteiger partial charge in [0, 0.05) is 17.3 Å². The van der Waals surface area contributed by atoms with Crippen molar-refractivity contribution in [1.29, 1.82) is 0 Å². The van der Waals surface area contributed by atoms with E-state index in [1.165, 1.54) is 10.5 Å². The smallest absolute Gasteiger partial charge is 0.260 e. The molecule has 6 nitrogen and oxygen atoms in total. The quantitative estimate of drug-likeness (QED) is 0.723. The Hall–Kier alpha value is -2.76. The molecular formula is C14H12N4O2. The first-order valence-corrected chi connectivity index (χ1v) is 6.17. The number of rotatable bonds is 3. The number of ketones is 1. The van der Waals surface area contributed by atoms with E-state index in [1.54, 1.807) is 31.2 Å². The molecule has 3 rings (SSSR count). The topological polar surface area (TPSA) is 80.1 Å². The van der Waals surface area contributed by atoms with E-state index in [9.17, 15) is 9.59 Å². The second-order valence-corrected chi connectivity index (χ2v) is 4.50. The molecule has 0 bridgehead atoms. The summed E-state index contributed by atoms with van der Waals surface area (Å²) in [6, 6.07) is 10.3. The maximum absolute atomic E-state index is 12.1. The number of aromatic amines is 1. The van der Waals surface area contributed by atoms with Crippen LogP contribution in [-0.4, -0.2) is 25.4 Å². The number of aromatic nitrogens is 4. The number of hydrogen-bond acceptors (Lipinski definition) is 4. The molecule has 3 aromatic rings. The van der Waals surface area contributed by atoms with E-state index in [-0.39, 0.29) is 17.8 Å². The first-order valence-electron chi connectivity index (χ1n) is 6.17. The van der Waals surface area contributed by atoms with Crippen molar-refractivity contribution >= 4 is 11.6 Å². The van der Waals surface area contributed by atoms with Crippen molar-refractivity contribution in [2.24, 2.45) is 0 Å². The largest absolute Gasteiger partial charge is 0.294 e. The Morgan fingerprint density at radius 2 is 2.05 bits per heavy atom. The summed E-state index contributed by atoms with van der Waals surface area (Å²) >= 11 is 0. The Bertz CT molecular complexity index is 833. The first-order chi connectivity index (χ1) is 9.65. The average molecular weight is 268 g/mol. The number of benzene rings is 1. The molecule has 0 unspecified atom stereocenters. The van der Waals surface area contributed by atoms with Gasteiger partial charge in [0.15, 0.2) is 5.78 Å². The molecule has 0 radical (unpaired) electrons. The Labute approximate surface area is 114 Å². The van der Waals surface area contributed by atoms with Gasteiger partial charge >= 0.3 is 0 Å². The molecule has 20 heavy (non-hydrogen) atoms. The van der Waals surface area contributed by atoms with Crippen molar-refractivity contribution in [2.75, 3.05) is 0 Å². The highest BCUT2D eigenvalue weighted by atomic mass is 16.1. The molecule has 0 spiro atoms. The van der Waals surface area contributed by atoms with Crippen LogP contribution in [0.25, 0.3) is 5.78 Å². The summed E-state index contributed by atoms with van der Waals surface area (Å²) in [7, 11) is 0. The average Bonchev–Trinajstić information content (AvgIpc) is 2.82. The van der Waals surface area contributed by atoms with Crippen LogP contribution >= 0.6 is 0 Å². The summed E-state index contributed by atoms with van der Waals surface area (Å²) in [4.78, 5) is 28.3. The fourth-order valence-corrected chi connectivity index (χ4v) is 2.07. The van der Waals surface area contributed by atoms with E-state index in [2.05, 4.69) is 15.2 Å². The molecule has 1 aromatic carbocycles. The van der Waals surface area contributed by atoms with E-state index < -0.39 is 0 Å². The molecule has 2 heterocycles. The highest BCUT2D eigenvalue weighted by molar-refractivity contribution is 5.97. The number of nitrogens with zero attached hydrogens (tertiary/aromatic N) is 3. The molecule has 2 aromatic heterocycles. The molecule has 6 heteroatoms. The molecule has 100 valence electrons. The first kappa shape index (κ1) is 12.3. The third-order valence-electron chi connectivity index (χ3n) is 3.00. The van der Waals surface area contributed by atoms with Gasteiger partial charge in [0.1, 0.15) is 5.82 Å². The summed E-state index contributed by atoms with van der Waals surface area (Å²) in [6.07, 6.45) is 0.0503. The fraction of sp³-hybridized carbons (Fsp3) is 0.143. The van der Waals surface area contributed by atoms with Crippen LogP contribution in [0.5, 0.6) is 0 Å². The second kappa shape index (κ2) is 4.73. The van der Waals surface area contributed by atoms with E-state index >= 15 is 0 Å². The van der Waals surface area contributed by atoms with Crippen LogP contribution in [0.1, 0.15) is 21.9 Å². The van der Waals surface area contributed by atoms with Crippen molar-refractivity contribution < 1.29 is 4.79 Å². The number of aryl methyl sites for hydroxylation is 1. The number of fused-ring (bicyclic) bond motifs is 1. The zero-order valence-corrected chi connectivity index (χ0v) is 10.8. The normalized spacial score (nSPS) is 10.8. The molecule has 0 amide bonds. The highest BCUT2D eigenvalue weighted by Gasteiger charge is 2.14. The van der Waals surface area contributed by atoms with Gasteiger partial charge in [-0.1, -0.05) is 30.3 Å². The molecule has 0 saturated carbocycles. The number of carbonyl (C=O) groups excluding carboxylic acids is 1. The number of hydrogen-bond donors (Lipinski definition) is 1. The lowest BCUT2D eigenvalue weighted by molar-refractivity contribution is 0.0990. The van der Waals surface area contributed by atoms with E-state index in [4.69, 9.17) is 0 Å².